The summed E-state index contributed by atoms with van der Waals surface area (Å²) in [5.41, 5.74) is 0. The summed E-state index contributed by atoms with van der Waals surface area (Å²) in [6.07, 6.45) is 6.78. The minimum Gasteiger partial charge on any atom is -0.450 e. The minimum atomic E-state index is -0.222. The number of fused-ring (bicyclic) bond motifs is 1. The topological polar surface area (TPSA) is 77.5 Å². The molecule has 2 heterocycles. The van der Waals surface area contributed by atoms with Crippen molar-refractivity contribution in [3.8, 4) is 0 Å². The van der Waals surface area contributed by atoms with Crippen LogP contribution in [0.5, 0.6) is 0 Å². The van der Waals surface area contributed by atoms with Crippen LogP contribution in [0.2, 0.25) is 0 Å². The highest BCUT2D eigenvalue weighted by Gasteiger charge is 2.36. The Labute approximate surface area is 174 Å². The van der Waals surface area contributed by atoms with E-state index in [9.17, 15) is 9.59 Å². The molecule has 29 heavy (non-hydrogen) atoms. The van der Waals surface area contributed by atoms with Crippen molar-refractivity contribution in [2.24, 2.45) is 16.8 Å². The molecule has 0 spiro atoms. The lowest BCUT2D eigenvalue weighted by Crippen LogP contribution is -2.51. The standard InChI is InChI=1S/C21H37N5O3/c1-4-29-21(28)25-11-9-18(10-12-25)23-20(22-13-19(27)24(2)3)26-14-16-7-5-6-8-17(16)15-26/h16-18H,4-15H2,1-3H3,(H,22,23). The van der Waals surface area contributed by atoms with Crippen LogP contribution in [0.1, 0.15) is 45.4 Å². The summed E-state index contributed by atoms with van der Waals surface area (Å²) in [6, 6.07) is 0.261. The summed E-state index contributed by atoms with van der Waals surface area (Å²) < 4.78 is 5.11. The van der Waals surface area contributed by atoms with Gasteiger partial charge in [-0.15, -0.1) is 0 Å². The lowest BCUT2D eigenvalue weighted by Gasteiger charge is -2.34. The zero-order chi connectivity index (χ0) is 20.8. The van der Waals surface area contributed by atoms with Gasteiger partial charge < -0.3 is 24.8 Å². The largest absolute Gasteiger partial charge is 0.450 e. The molecule has 1 saturated carbocycles. The van der Waals surface area contributed by atoms with Gasteiger partial charge in [-0.2, -0.15) is 0 Å². The Morgan fingerprint density at radius 1 is 1.03 bits per heavy atom. The quantitative estimate of drug-likeness (QED) is 0.568. The number of nitrogens with one attached hydrogen (secondary N) is 1. The Morgan fingerprint density at radius 2 is 1.66 bits per heavy atom. The van der Waals surface area contributed by atoms with Gasteiger partial charge in [0, 0.05) is 46.3 Å². The van der Waals surface area contributed by atoms with Crippen LogP contribution in [0.25, 0.3) is 0 Å². The highest BCUT2D eigenvalue weighted by atomic mass is 16.6. The van der Waals surface area contributed by atoms with Crippen LogP contribution in [-0.2, 0) is 9.53 Å². The molecule has 8 nitrogen and oxygen atoms in total. The van der Waals surface area contributed by atoms with Gasteiger partial charge in [-0.25, -0.2) is 9.79 Å². The summed E-state index contributed by atoms with van der Waals surface area (Å²) >= 11 is 0. The predicted octanol–water partition coefficient (Wildman–Crippen LogP) is 1.76. The van der Waals surface area contributed by atoms with E-state index < -0.39 is 0 Å². The Balaban J connectivity index is 1.61. The molecule has 2 saturated heterocycles. The normalized spacial score (nSPS) is 25.6. The second-order valence-corrected chi connectivity index (χ2v) is 8.74. The number of guanidine groups is 1. The smallest absolute Gasteiger partial charge is 0.409 e. The number of rotatable bonds is 4. The van der Waals surface area contributed by atoms with E-state index in [1.165, 1.54) is 25.7 Å². The lowest BCUT2D eigenvalue weighted by molar-refractivity contribution is -0.127. The number of aliphatic imine (C=N–C) groups is 1. The third kappa shape index (κ3) is 5.76. The van der Waals surface area contributed by atoms with Gasteiger partial charge in [0.2, 0.25) is 5.91 Å². The number of nitrogens with zero attached hydrogens (tertiary/aromatic N) is 4. The molecule has 3 aliphatic rings. The summed E-state index contributed by atoms with van der Waals surface area (Å²) in [6.45, 7) is 5.85. The fourth-order valence-corrected chi connectivity index (χ4v) is 4.70. The molecule has 2 aliphatic heterocycles. The van der Waals surface area contributed by atoms with Gasteiger partial charge in [0.1, 0.15) is 6.54 Å². The maximum Gasteiger partial charge on any atom is 0.409 e. The Kier molecular flexibility index (Phi) is 7.61. The maximum absolute atomic E-state index is 12.1. The van der Waals surface area contributed by atoms with Gasteiger partial charge in [-0.3, -0.25) is 4.79 Å². The molecule has 0 aromatic heterocycles. The van der Waals surface area contributed by atoms with Crippen LogP contribution >= 0.6 is 0 Å². The Hall–Kier alpha value is -1.99. The average Bonchev–Trinajstić information content (AvgIpc) is 3.15. The van der Waals surface area contributed by atoms with E-state index in [4.69, 9.17) is 9.73 Å². The summed E-state index contributed by atoms with van der Waals surface area (Å²) in [4.78, 5) is 34.5. The van der Waals surface area contributed by atoms with Gasteiger partial charge in [0.05, 0.1) is 6.61 Å². The molecule has 2 unspecified atom stereocenters. The first kappa shape index (κ1) is 21.7. The van der Waals surface area contributed by atoms with Crippen LogP contribution < -0.4 is 5.32 Å². The molecule has 3 rings (SSSR count). The van der Waals surface area contributed by atoms with Crippen LogP contribution in [0, 0.1) is 11.8 Å². The average molecular weight is 408 g/mol. The van der Waals surface area contributed by atoms with Gasteiger partial charge >= 0.3 is 6.09 Å². The summed E-state index contributed by atoms with van der Waals surface area (Å²) in [7, 11) is 3.53. The molecular weight excluding hydrogens is 370 g/mol. The summed E-state index contributed by atoms with van der Waals surface area (Å²) in [5, 5.41) is 3.62. The molecule has 8 heteroatoms. The van der Waals surface area contributed by atoms with Crippen molar-refractivity contribution in [3.05, 3.63) is 0 Å². The molecule has 1 aliphatic carbocycles. The second-order valence-electron chi connectivity index (χ2n) is 8.74. The van der Waals surface area contributed by atoms with E-state index in [0.29, 0.717) is 19.7 Å². The van der Waals surface area contributed by atoms with Crippen LogP contribution in [0.4, 0.5) is 4.79 Å². The van der Waals surface area contributed by atoms with Crippen LogP contribution in [0.3, 0.4) is 0 Å². The number of amides is 2. The van der Waals surface area contributed by atoms with Crippen molar-refractivity contribution >= 4 is 18.0 Å². The maximum atomic E-state index is 12.1. The number of carbonyl (C=O) groups is 2. The van der Waals surface area contributed by atoms with Gasteiger partial charge in [-0.1, -0.05) is 12.8 Å². The van der Waals surface area contributed by atoms with Crippen LogP contribution in [0.15, 0.2) is 4.99 Å². The Bertz CT molecular complexity index is 587. The van der Waals surface area contributed by atoms with Gasteiger partial charge in [-0.05, 0) is 44.4 Å². The number of hydrogen-bond acceptors (Lipinski definition) is 4. The molecule has 0 bridgehead atoms. The first-order valence-corrected chi connectivity index (χ1v) is 11.2. The SMILES string of the molecule is CCOC(=O)N1CCC(NC(=NCC(=O)N(C)C)N2CC3CCCCC3C2)CC1. The van der Waals surface area contributed by atoms with Crippen molar-refractivity contribution in [1.82, 2.24) is 20.0 Å². The van der Waals surface area contributed by atoms with Crippen molar-refractivity contribution in [2.75, 3.05) is 53.4 Å². The zero-order valence-corrected chi connectivity index (χ0v) is 18.2. The fourth-order valence-electron chi connectivity index (χ4n) is 4.70. The molecule has 0 radical (unpaired) electrons. The molecular formula is C21H37N5O3. The Morgan fingerprint density at radius 3 is 2.21 bits per heavy atom. The summed E-state index contributed by atoms with van der Waals surface area (Å²) in [5.74, 6) is 2.39. The number of hydrogen-bond donors (Lipinski definition) is 1. The monoisotopic (exact) mass is 407 g/mol. The van der Waals surface area contributed by atoms with E-state index in [1.807, 2.05) is 6.92 Å². The van der Waals surface area contributed by atoms with Gasteiger partial charge in [0.25, 0.3) is 0 Å². The predicted molar refractivity (Wildman–Crippen MR) is 113 cm³/mol. The highest BCUT2D eigenvalue weighted by molar-refractivity contribution is 5.85. The van der Waals surface area contributed by atoms with E-state index in [0.717, 1.165) is 43.7 Å². The number of piperidine rings is 1. The van der Waals surface area contributed by atoms with Crippen molar-refractivity contribution in [2.45, 2.75) is 51.5 Å². The minimum absolute atomic E-state index is 0.0121. The number of likely N-dealkylation sites (tertiary alicyclic amines) is 2. The van der Waals surface area contributed by atoms with Gasteiger partial charge in [0.15, 0.2) is 5.96 Å². The second kappa shape index (κ2) is 10.2. The molecule has 1 N–H and O–H groups in total. The molecule has 3 fully saturated rings. The number of carbonyl (C=O) groups excluding carboxylic acids is 2. The van der Waals surface area contributed by atoms with E-state index in [2.05, 4.69) is 10.2 Å². The van der Waals surface area contributed by atoms with E-state index >= 15 is 0 Å². The molecule has 0 aromatic carbocycles. The van der Waals surface area contributed by atoms with E-state index in [1.54, 1.807) is 23.9 Å². The van der Waals surface area contributed by atoms with Crippen molar-refractivity contribution in [3.63, 3.8) is 0 Å². The lowest BCUT2D eigenvalue weighted by atomic mass is 9.82. The molecule has 2 amide bonds. The third-order valence-electron chi connectivity index (χ3n) is 6.49. The van der Waals surface area contributed by atoms with Crippen molar-refractivity contribution in [1.29, 1.82) is 0 Å². The zero-order valence-electron chi connectivity index (χ0n) is 18.2. The molecule has 2 atom stereocenters. The fraction of sp³-hybridized carbons (Fsp3) is 0.857. The number of likely N-dealkylation sites (N-methyl/N-ethyl adjacent to an activating group) is 1. The molecule has 164 valence electrons. The third-order valence-corrected chi connectivity index (χ3v) is 6.49. The first-order valence-electron chi connectivity index (χ1n) is 11.2. The van der Waals surface area contributed by atoms with E-state index in [-0.39, 0.29) is 24.6 Å². The highest BCUT2D eigenvalue weighted by Crippen LogP contribution is 2.36. The van der Waals surface area contributed by atoms with Crippen molar-refractivity contribution < 1.29 is 14.3 Å². The van der Waals surface area contributed by atoms with Crippen LogP contribution in [-0.4, -0.2) is 92.1 Å². The first-order chi connectivity index (χ1) is 14.0. The number of ether oxygens (including phenoxy) is 1. The molecule has 0 aromatic rings.